The van der Waals surface area contributed by atoms with Gasteiger partial charge in [-0.15, -0.1) is 0 Å². The van der Waals surface area contributed by atoms with Crippen LogP contribution in [0.5, 0.6) is 0 Å². The molecule has 0 spiro atoms. The molecular weight excluding hydrogens is 258 g/mol. The minimum absolute atomic E-state index is 0.199. The summed E-state index contributed by atoms with van der Waals surface area (Å²) in [6.07, 6.45) is 1.55. The molecule has 0 saturated carbocycles. The first-order chi connectivity index (χ1) is 8.97. The molecule has 0 bridgehead atoms. The second kappa shape index (κ2) is 14.5. The van der Waals surface area contributed by atoms with E-state index in [1.807, 2.05) is 0 Å². The summed E-state index contributed by atoms with van der Waals surface area (Å²) in [5.74, 6) is 0. The standard InChI is InChI=1S/C8H20O3Si.C6H15N/c1-12(2,8-4-6-10)11-7-3-5-9;1-4-7(5-2)6-3/h9-10H,3-8H2,1-2H3;4-6H2,1-3H3. The second-order valence-corrected chi connectivity index (χ2v) is 9.44. The SMILES string of the molecule is CCN(CC)CC.C[Si](C)(CCCO)OCCCO. The van der Waals surface area contributed by atoms with Gasteiger partial charge in [0.05, 0.1) is 0 Å². The van der Waals surface area contributed by atoms with Gasteiger partial charge in [-0.1, -0.05) is 20.8 Å². The predicted molar refractivity (Wildman–Crippen MR) is 85.1 cm³/mol. The molecule has 0 rings (SSSR count). The lowest BCUT2D eigenvalue weighted by atomic mass is 10.5. The lowest BCUT2D eigenvalue weighted by Gasteiger charge is -2.22. The smallest absolute Gasteiger partial charge is 0.186 e. The first-order valence-electron chi connectivity index (χ1n) is 7.55. The minimum Gasteiger partial charge on any atom is -0.417 e. The maximum atomic E-state index is 8.63. The zero-order valence-electron chi connectivity index (χ0n) is 13.6. The molecule has 0 aromatic rings. The Morgan fingerprint density at radius 2 is 1.37 bits per heavy atom. The molecule has 19 heavy (non-hydrogen) atoms. The van der Waals surface area contributed by atoms with E-state index < -0.39 is 8.32 Å². The summed E-state index contributed by atoms with van der Waals surface area (Å²) in [6, 6.07) is 0.995. The summed E-state index contributed by atoms with van der Waals surface area (Å²) >= 11 is 0. The molecule has 0 amide bonds. The number of nitrogens with zero attached hydrogens (tertiary/aromatic N) is 1. The van der Waals surface area contributed by atoms with Crippen LogP contribution in [0.4, 0.5) is 0 Å². The van der Waals surface area contributed by atoms with Crippen LogP contribution in [0.3, 0.4) is 0 Å². The van der Waals surface area contributed by atoms with Gasteiger partial charge in [-0.2, -0.15) is 0 Å². The first-order valence-corrected chi connectivity index (χ1v) is 10.7. The molecule has 5 heteroatoms. The Bertz CT molecular complexity index is 171. The molecule has 0 aliphatic rings. The van der Waals surface area contributed by atoms with E-state index >= 15 is 0 Å². The van der Waals surface area contributed by atoms with Crippen molar-refractivity contribution < 1.29 is 14.6 Å². The quantitative estimate of drug-likeness (QED) is 0.479. The fraction of sp³-hybridized carbons (Fsp3) is 1.00. The van der Waals surface area contributed by atoms with Crippen LogP contribution in [0, 0.1) is 0 Å². The molecule has 2 N–H and O–H groups in total. The average Bonchev–Trinajstić information content (AvgIpc) is 2.39. The van der Waals surface area contributed by atoms with Crippen LogP contribution < -0.4 is 0 Å². The summed E-state index contributed by atoms with van der Waals surface area (Å²) in [7, 11) is -1.53. The van der Waals surface area contributed by atoms with E-state index in [4.69, 9.17) is 14.6 Å². The Labute approximate surface area is 120 Å². The van der Waals surface area contributed by atoms with Crippen LogP contribution >= 0.6 is 0 Å². The average molecular weight is 294 g/mol. The molecule has 4 nitrogen and oxygen atoms in total. The number of hydrogen-bond donors (Lipinski definition) is 2. The third-order valence-electron chi connectivity index (χ3n) is 3.07. The van der Waals surface area contributed by atoms with Crippen LogP contribution in [0.25, 0.3) is 0 Å². The van der Waals surface area contributed by atoms with Crippen molar-refractivity contribution >= 4 is 8.32 Å². The van der Waals surface area contributed by atoms with Gasteiger partial charge in [0.2, 0.25) is 0 Å². The van der Waals surface area contributed by atoms with Crippen LogP contribution in [0.1, 0.15) is 33.6 Å². The van der Waals surface area contributed by atoms with Crippen molar-refractivity contribution in [1.29, 1.82) is 0 Å². The molecule has 0 fully saturated rings. The third-order valence-corrected chi connectivity index (χ3v) is 5.62. The molecule has 0 heterocycles. The van der Waals surface area contributed by atoms with Crippen LogP contribution in [0.2, 0.25) is 19.1 Å². The van der Waals surface area contributed by atoms with Crippen molar-refractivity contribution in [2.24, 2.45) is 0 Å². The maximum absolute atomic E-state index is 8.63. The van der Waals surface area contributed by atoms with Crippen LogP contribution in [-0.4, -0.2) is 62.9 Å². The predicted octanol–water partition coefficient (Wildman–Crippen LogP) is 2.32. The largest absolute Gasteiger partial charge is 0.417 e. The van der Waals surface area contributed by atoms with Crippen LogP contribution in [0.15, 0.2) is 0 Å². The van der Waals surface area contributed by atoms with Gasteiger partial charge in [-0.05, 0) is 51.6 Å². The second-order valence-electron chi connectivity index (χ2n) is 5.13. The van der Waals surface area contributed by atoms with E-state index in [0.29, 0.717) is 6.61 Å². The Morgan fingerprint density at radius 3 is 1.68 bits per heavy atom. The number of rotatable bonds is 10. The minimum atomic E-state index is -1.53. The van der Waals surface area contributed by atoms with Gasteiger partial charge in [-0.25, -0.2) is 0 Å². The van der Waals surface area contributed by atoms with Gasteiger partial charge in [0.15, 0.2) is 8.32 Å². The van der Waals surface area contributed by atoms with E-state index in [1.54, 1.807) is 0 Å². The fourth-order valence-electron chi connectivity index (χ4n) is 1.66. The van der Waals surface area contributed by atoms with Gasteiger partial charge in [-0.3, -0.25) is 0 Å². The monoisotopic (exact) mass is 293 g/mol. The highest BCUT2D eigenvalue weighted by atomic mass is 28.4. The van der Waals surface area contributed by atoms with E-state index in [0.717, 1.165) is 18.9 Å². The molecule has 0 aliphatic carbocycles. The Balaban J connectivity index is 0. The van der Waals surface area contributed by atoms with E-state index in [2.05, 4.69) is 38.8 Å². The van der Waals surface area contributed by atoms with Crippen molar-refractivity contribution in [3.8, 4) is 0 Å². The Hall–Kier alpha value is 0.0569. The number of aliphatic hydroxyl groups is 2. The summed E-state index contributed by atoms with van der Waals surface area (Å²) in [5, 5.41) is 17.2. The lowest BCUT2D eigenvalue weighted by Crippen LogP contribution is -2.31. The molecule has 0 radical (unpaired) electrons. The van der Waals surface area contributed by atoms with Gasteiger partial charge >= 0.3 is 0 Å². The third kappa shape index (κ3) is 16.0. The summed E-state index contributed by atoms with van der Waals surface area (Å²) in [4.78, 5) is 2.38. The van der Waals surface area contributed by atoms with Crippen molar-refractivity contribution in [2.75, 3.05) is 39.5 Å². The van der Waals surface area contributed by atoms with E-state index in [-0.39, 0.29) is 13.2 Å². The van der Waals surface area contributed by atoms with Gasteiger partial charge in [0.25, 0.3) is 0 Å². The molecule has 0 aromatic heterocycles. The van der Waals surface area contributed by atoms with Gasteiger partial charge in [0.1, 0.15) is 0 Å². The lowest BCUT2D eigenvalue weighted by molar-refractivity contribution is 0.226. The van der Waals surface area contributed by atoms with Crippen molar-refractivity contribution in [3.05, 3.63) is 0 Å². The fourth-order valence-corrected chi connectivity index (χ4v) is 3.51. The summed E-state index contributed by atoms with van der Waals surface area (Å²) < 4.78 is 5.64. The van der Waals surface area contributed by atoms with Gasteiger partial charge < -0.3 is 19.5 Å². The van der Waals surface area contributed by atoms with Crippen molar-refractivity contribution in [2.45, 2.75) is 52.8 Å². The Morgan fingerprint density at radius 1 is 0.895 bits per heavy atom. The zero-order valence-corrected chi connectivity index (χ0v) is 14.6. The topological polar surface area (TPSA) is 52.9 Å². The highest BCUT2D eigenvalue weighted by molar-refractivity contribution is 6.71. The normalized spacial score (nSPS) is 11.4. The van der Waals surface area contributed by atoms with E-state index in [9.17, 15) is 0 Å². The highest BCUT2D eigenvalue weighted by Gasteiger charge is 2.20. The molecule has 0 saturated heterocycles. The molecular formula is C14H35NO3Si. The number of aliphatic hydroxyl groups excluding tert-OH is 2. The molecule has 0 unspecified atom stereocenters. The summed E-state index contributed by atoms with van der Waals surface area (Å²) in [6.45, 7) is 15.5. The Kier molecular flexibility index (Phi) is 16.3. The van der Waals surface area contributed by atoms with Crippen molar-refractivity contribution in [3.63, 3.8) is 0 Å². The number of hydrogen-bond acceptors (Lipinski definition) is 4. The van der Waals surface area contributed by atoms with E-state index in [1.165, 1.54) is 19.6 Å². The first kappa shape index (κ1) is 21.4. The van der Waals surface area contributed by atoms with Crippen molar-refractivity contribution in [1.82, 2.24) is 4.90 Å². The molecule has 118 valence electrons. The summed E-state index contributed by atoms with van der Waals surface area (Å²) in [5.41, 5.74) is 0. The molecule has 0 aromatic carbocycles. The van der Waals surface area contributed by atoms with Gasteiger partial charge in [0, 0.05) is 19.8 Å². The highest BCUT2D eigenvalue weighted by Crippen LogP contribution is 2.13. The van der Waals surface area contributed by atoms with Crippen LogP contribution in [-0.2, 0) is 4.43 Å². The molecule has 0 aliphatic heterocycles. The zero-order chi connectivity index (χ0) is 15.1. The maximum Gasteiger partial charge on any atom is 0.186 e. The molecule has 0 atom stereocenters.